The monoisotopic (exact) mass is 335 g/mol. The molecule has 4 aromatic rings. The maximum atomic E-state index is 4.71. The van der Waals surface area contributed by atoms with E-state index in [0.29, 0.717) is 17.5 Å². The lowest BCUT2D eigenvalue weighted by molar-refractivity contribution is 1.07. The van der Waals surface area contributed by atoms with Gasteiger partial charge < -0.3 is 0 Å². The first kappa shape index (κ1) is 15.9. The van der Waals surface area contributed by atoms with Gasteiger partial charge in [0.1, 0.15) is 0 Å². The van der Waals surface area contributed by atoms with Crippen LogP contribution in [0.3, 0.4) is 0 Å². The number of benzene rings is 3. The van der Waals surface area contributed by atoms with Crippen LogP contribution in [0.25, 0.3) is 40.2 Å². The fourth-order valence-corrected chi connectivity index (χ4v) is 2.71. The van der Waals surface area contributed by atoms with Gasteiger partial charge in [0.25, 0.3) is 0 Å². The minimum atomic E-state index is 0.660. The Kier molecular flexibility index (Phi) is 4.35. The minimum absolute atomic E-state index is 0.660. The molecule has 0 radical (unpaired) electrons. The van der Waals surface area contributed by atoms with Crippen LogP contribution in [-0.4, -0.2) is 15.0 Å². The first-order valence-corrected chi connectivity index (χ1v) is 8.43. The molecular formula is C23H17N3. The second-order valence-electron chi connectivity index (χ2n) is 5.86. The Morgan fingerprint density at radius 1 is 0.500 bits per heavy atom. The third kappa shape index (κ3) is 3.28. The Balaban J connectivity index is 1.88. The Labute approximate surface area is 152 Å². The highest BCUT2D eigenvalue weighted by molar-refractivity contribution is 5.67. The second-order valence-corrected chi connectivity index (χ2v) is 5.86. The topological polar surface area (TPSA) is 38.7 Å². The molecule has 1 heterocycles. The summed E-state index contributed by atoms with van der Waals surface area (Å²) in [6.45, 7) is 3.80. The molecule has 3 nitrogen and oxygen atoms in total. The molecule has 0 atom stereocenters. The summed E-state index contributed by atoms with van der Waals surface area (Å²) in [7, 11) is 0. The summed E-state index contributed by atoms with van der Waals surface area (Å²) in [6, 6.07) is 28.0. The van der Waals surface area contributed by atoms with E-state index >= 15 is 0 Å². The van der Waals surface area contributed by atoms with Gasteiger partial charge in [0.05, 0.1) is 0 Å². The van der Waals surface area contributed by atoms with Crippen LogP contribution in [0, 0.1) is 0 Å². The van der Waals surface area contributed by atoms with Crippen molar-refractivity contribution in [2.24, 2.45) is 0 Å². The Bertz CT molecular complexity index is 966. The van der Waals surface area contributed by atoms with Crippen molar-refractivity contribution in [3.8, 4) is 34.2 Å². The molecule has 0 aliphatic rings. The molecular weight excluding hydrogens is 318 g/mol. The number of nitrogens with zero attached hydrogens (tertiary/aromatic N) is 3. The van der Waals surface area contributed by atoms with E-state index in [1.807, 2.05) is 91.0 Å². The van der Waals surface area contributed by atoms with Crippen LogP contribution in [0.15, 0.2) is 91.5 Å². The molecule has 0 saturated heterocycles. The molecule has 0 unspecified atom stereocenters. The van der Waals surface area contributed by atoms with Crippen LogP contribution in [-0.2, 0) is 0 Å². The van der Waals surface area contributed by atoms with E-state index < -0.39 is 0 Å². The van der Waals surface area contributed by atoms with Crippen LogP contribution in [0.4, 0.5) is 0 Å². The molecule has 0 aliphatic heterocycles. The quantitative estimate of drug-likeness (QED) is 0.493. The summed E-state index contributed by atoms with van der Waals surface area (Å²) in [6.07, 6.45) is 1.82. The van der Waals surface area contributed by atoms with Crippen molar-refractivity contribution in [3.63, 3.8) is 0 Å². The fraction of sp³-hybridized carbons (Fsp3) is 0. The summed E-state index contributed by atoms with van der Waals surface area (Å²) in [5, 5.41) is 0. The van der Waals surface area contributed by atoms with E-state index in [1.54, 1.807) is 0 Å². The van der Waals surface area contributed by atoms with E-state index in [1.165, 1.54) is 0 Å². The molecule has 0 spiro atoms. The molecule has 0 bridgehead atoms. The zero-order valence-corrected chi connectivity index (χ0v) is 14.2. The lowest BCUT2D eigenvalue weighted by Crippen LogP contribution is -2.00. The van der Waals surface area contributed by atoms with E-state index in [0.717, 1.165) is 22.3 Å². The SMILES string of the molecule is C=Cc1ccc(-c2nc(-c3ccccc3)nc(-c3ccccc3)n2)cc1. The van der Waals surface area contributed by atoms with Gasteiger partial charge in [-0.05, 0) is 5.56 Å². The van der Waals surface area contributed by atoms with Crippen molar-refractivity contribution in [2.75, 3.05) is 0 Å². The third-order valence-corrected chi connectivity index (χ3v) is 4.10. The second kappa shape index (κ2) is 7.11. The molecule has 0 fully saturated rings. The highest BCUT2D eigenvalue weighted by Gasteiger charge is 2.11. The van der Waals surface area contributed by atoms with E-state index in [2.05, 4.69) is 6.58 Å². The predicted molar refractivity (Wildman–Crippen MR) is 106 cm³/mol. The van der Waals surface area contributed by atoms with Gasteiger partial charge in [-0.2, -0.15) is 0 Å². The minimum Gasteiger partial charge on any atom is -0.208 e. The summed E-state index contributed by atoms with van der Waals surface area (Å²) >= 11 is 0. The number of rotatable bonds is 4. The standard InChI is InChI=1S/C23H17N3/c1-2-17-13-15-20(16-14-17)23-25-21(18-9-5-3-6-10-18)24-22(26-23)19-11-7-4-8-12-19/h2-16H,1H2. The molecule has 0 N–H and O–H groups in total. The maximum absolute atomic E-state index is 4.71. The summed E-state index contributed by atoms with van der Waals surface area (Å²) < 4.78 is 0. The first-order valence-electron chi connectivity index (χ1n) is 8.43. The van der Waals surface area contributed by atoms with E-state index in [-0.39, 0.29) is 0 Å². The van der Waals surface area contributed by atoms with Crippen LogP contribution in [0.5, 0.6) is 0 Å². The van der Waals surface area contributed by atoms with Gasteiger partial charge in [-0.25, -0.2) is 15.0 Å². The fourth-order valence-electron chi connectivity index (χ4n) is 2.71. The van der Waals surface area contributed by atoms with Crippen molar-refractivity contribution in [2.45, 2.75) is 0 Å². The van der Waals surface area contributed by atoms with Crippen molar-refractivity contribution in [1.29, 1.82) is 0 Å². The summed E-state index contributed by atoms with van der Waals surface area (Å²) in [4.78, 5) is 14.1. The zero-order chi connectivity index (χ0) is 17.8. The average molecular weight is 335 g/mol. The van der Waals surface area contributed by atoms with Gasteiger partial charge in [0.15, 0.2) is 17.5 Å². The Morgan fingerprint density at radius 3 is 1.27 bits per heavy atom. The molecule has 26 heavy (non-hydrogen) atoms. The van der Waals surface area contributed by atoms with Crippen molar-refractivity contribution in [3.05, 3.63) is 97.1 Å². The van der Waals surface area contributed by atoms with E-state index in [4.69, 9.17) is 15.0 Å². The van der Waals surface area contributed by atoms with Crippen molar-refractivity contribution < 1.29 is 0 Å². The van der Waals surface area contributed by atoms with Crippen molar-refractivity contribution in [1.82, 2.24) is 15.0 Å². The van der Waals surface area contributed by atoms with Crippen LogP contribution < -0.4 is 0 Å². The number of hydrogen-bond donors (Lipinski definition) is 0. The smallest absolute Gasteiger partial charge is 0.164 e. The van der Waals surface area contributed by atoms with E-state index in [9.17, 15) is 0 Å². The average Bonchev–Trinajstić information content (AvgIpc) is 2.75. The lowest BCUT2D eigenvalue weighted by Gasteiger charge is -2.08. The molecule has 124 valence electrons. The van der Waals surface area contributed by atoms with Gasteiger partial charge in [-0.1, -0.05) is 97.6 Å². The Hall–Kier alpha value is -3.59. The lowest BCUT2D eigenvalue weighted by atomic mass is 10.1. The summed E-state index contributed by atoms with van der Waals surface area (Å²) in [5.74, 6) is 2.00. The van der Waals surface area contributed by atoms with Crippen LogP contribution in [0.2, 0.25) is 0 Å². The largest absolute Gasteiger partial charge is 0.208 e. The van der Waals surface area contributed by atoms with Crippen LogP contribution in [0.1, 0.15) is 5.56 Å². The predicted octanol–water partition coefficient (Wildman–Crippen LogP) is 5.52. The van der Waals surface area contributed by atoms with Gasteiger partial charge in [-0.3, -0.25) is 0 Å². The van der Waals surface area contributed by atoms with Gasteiger partial charge in [0, 0.05) is 16.7 Å². The molecule has 4 rings (SSSR count). The Morgan fingerprint density at radius 2 is 0.885 bits per heavy atom. The number of aromatic nitrogens is 3. The molecule has 3 aromatic carbocycles. The molecule has 0 saturated carbocycles. The van der Waals surface area contributed by atoms with Crippen molar-refractivity contribution >= 4 is 6.08 Å². The maximum Gasteiger partial charge on any atom is 0.164 e. The molecule has 0 amide bonds. The summed E-state index contributed by atoms with van der Waals surface area (Å²) in [5.41, 5.74) is 3.95. The zero-order valence-electron chi connectivity index (χ0n) is 14.2. The normalized spacial score (nSPS) is 10.5. The molecule has 3 heteroatoms. The van der Waals surface area contributed by atoms with Crippen LogP contribution >= 0.6 is 0 Å². The highest BCUT2D eigenvalue weighted by atomic mass is 15.0. The van der Waals surface area contributed by atoms with Gasteiger partial charge in [0.2, 0.25) is 0 Å². The third-order valence-electron chi connectivity index (χ3n) is 4.10. The van der Waals surface area contributed by atoms with Gasteiger partial charge >= 0.3 is 0 Å². The molecule has 1 aromatic heterocycles. The number of hydrogen-bond acceptors (Lipinski definition) is 3. The molecule has 0 aliphatic carbocycles. The van der Waals surface area contributed by atoms with Gasteiger partial charge in [-0.15, -0.1) is 0 Å². The highest BCUT2D eigenvalue weighted by Crippen LogP contribution is 2.24. The first-order chi connectivity index (χ1) is 12.8.